The Kier molecular flexibility index (Phi) is 8.53. The molecule has 1 aromatic heterocycles. The van der Waals surface area contributed by atoms with E-state index in [1.807, 2.05) is 0 Å². The quantitative estimate of drug-likeness (QED) is 0.419. The lowest BCUT2D eigenvalue weighted by molar-refractivity contribution is -0.201. The van der Waals surface area contributed by atoms with Crippen LogP contribution in [-0.2, 0) is 4.79 Å². The third-order valence-corrected chi connectivity index (χ3v) is 7.51. The van der Waals surface area contributed by atoms with Crippen LogP contribution in [0.2, 0.25) is 10.0 Å². The van der Waals surface area contributed by atoms with Crippen LogP contribution in [-0.4, -0.2) is 64.5 Å². The van der Waals surface area contributed by atoms with Crippen molar-refractivity contribution in [3.63, 3.8) is 0 Å². The van der Waals surface area contributed by atoms with Gasteiger partial charge >= 0.3 is 6.18 Å². The SMILES string of the molecule is CC(C)(Oc1ccc(Cl)cc1Cl)C(=O)NC1CC2CCC(C1)N2c1ccc(C(=O)NCC(O)C(F)(F)F)cn1. The van der Waals surface area contributed by atoms with Gasteiger partial charge in [0.05, 0.1) is 17.1 Å². The summed E-state index contributed by atoms with van der Waals surface area (Å²) in [6, 6.07) is 8.13. The summed E-state index contributed by atoms with van der Waals surface area (Å²) in [6.07, 6.45) is -2.93. The molecule has 0 radical (unpaired) electrons. The Morgan fingerprint density at radius 1 is 1.15 bits per heavy atom. The molecule has 39 heavy (non-hydrogen) atoms. The number of hydrogen-bond donors (Lipinski definition) is 3. The zero-order chi connectivity index (χ0) is 28.5. The maximum atomic E-state index is 13.1. The Labute approximate surface area is 233 Å². The van der Waals surface area contributed by atoms with Crippen LogP contribution in [0.3, 0.4) is 0 Å². The molecule has 0 spiro atoms. The molecule has 3 heterocycles. The van der Waals surface area contributed by atoms with Crippen LogP contribution in [0, 0.1) is 0 Å². The topological polar surface area (TPSA) is 104 Å². The standard InChI is InChI=1S/C26H29Cl2F3N4O4/c1-25(2,39-20-7-4-15(27)9-19(20)28)24(38)34-16-10-17-5-6-18(11-16)35(17)22-8-3-14(12-32-22)23(37)33-13-21(36)26(29,30)31/h3-4,7-9,12,16-18,21,36H,5-6,10-11,13H2,1-2H3,(H,33,37)(H,34,38). The number of aromatic nitrogens is 1. The van der Waals surface area contributed by atoms with Crippen molar-refractivity contribution in [1.29, 1.82) is 0 Å². The van der Waals surface area contributed by atoms with E-state index in [9.17, 15) is 22.8 Å². The molecule has 2 aliphatic heterocycles. The summed E-state index contributed by atoms with van der Waals surface area (Å²) in [7, 11) is 0. The van der Waals surface area contributed by atoms with Gasteiger partial charge in [-0.25, -0.2) is 4.98 Å². The van der Waals surface area contributed by atoms with E-state index in [1.165, 1.54) is 12.3 Å². The molecule has 3 N–H and O–H groups in total. The first-order valence-corrected chi connectivity index (χ1v) is 13.2. The Bertz CT molecular complexity index is 1200. The molecular formula is C26H29Cl2F3N4O4. The van der Waals surface area contributed by atoms with Crippen molar-refractivity contribution in [1.82, 2.24) is 15.6 Å². The average Bonchev–Trinajstić information content (AvgIpc) is 3.13. The number of anilines is 1. The van der Waals surface area contributed by atoms with E-state index in [-0.39, 0.29) is 29.6 Å². The van der Waals surface area contributed by atoms with E-state index in [4.69, 9.17) is 33.0 Å². The number of alkyl halides is 3. The predicted molar refractivity (Wildman–Crippen MR) is 140 cm³/mol. The number of halogens is 5. The van der Waals surface area contributed by atoms with Gasteiger partial charge in [-0.15, -0.1) is 0 Å². The second-order valence-electron chi connectivity index (χ2n) is 10.3. The van der Waals surface area contributed by atoms with Crippen LogP contribution in [0.25, 0.3) is 0 Å². The highest BCUT2D eigenvalue weighted by Gasteiger charge is 2.43. The van der Waals surface area contributed by atoms with Gasteiger partial charge in [0.15, 0.2) is 11.7 Å². The van der Waals surface area contributed by atoms with E-state index >= 15 is 0 Å². The number of pyridine rings is 1. The molecular weight excluding hydrogens is 560 g/mol. The van der Waals surface area contributed by atoms with Crippen molar-refractivity contribution < 1.29 is 32.6 Å². The second kappa shape index (κ2) is 11.4. The lowest BCUT2D eigenvalue weighted by Gasteiger charge is -2.40. The van der Waals surface area contributed by atoms with Crippen molar-refractivity contribution >= 4 is 40.8 Å². The van der Waals surface area contributed by atoms with Gasteiger partial charge in [-0.2, -0.15) is 13.2 Å². The van der Waals surface area contributed by atoms with E-state index in [2.05, 4.69) is 20.5 Å². The molecule has 2 fully saturated rings. The Hall–Kier alpha value is -2.76. The number of rotatable bonds is 8. The van der Waals surface area contributed by atoms with Crippen molar-refractivity contribution in [2.75, 3.05) is 11.4 Å². The molecule has 3 unspecified atom stereocenters. The van der Waals surface area contributed by atoms with Crippen molar-refractivity contribution in [3.05, 3.63) is 52.1 Å². The van der Waals surface area contributed by atoms with Crippen LogP contribution in [0.15, 0.2) is 36.5 Å². The second-order valence-corrected chi connectivity index (χ2v) is 11.1. The van der Waals surface area contributed by atoms with Crippen LogP contribution >= 0.6 is 23.2 Å². The maximum absolute atomic E-state index is 13.1. The number of carbonyl (C=O) groups is 2. The fraction of sp³-hybridized carbons (Fsp3) is 0.500. The fourth-order valence-electron chi connectivity index (χ4n) is 4.99. The summed E-state index contributed by atoms with van der Waals surface area (Å²) in [6.45, 7) is 2.40. The van der Waals surface area contributed by atoms with Gasteiger partial charge < -0.3 is 25.4 Å². The van der Waals surface area contributed by atoms with Crippen molar-refractivity contribution in [2.24, 2.45) is 0 Å². The first-order valence-electron chi connectivity index (χ1n) is 12.5. The Morgan fingerprint density at radius 2 is 1.82 bits per heavy atom. The van der Waals surface area contributed by atoms with Gasteiger partial charge in [0, 0.05) is 29.3 Å². The highest BCUT2D eigenvalue weighted by atomic mass is 35.5. The molecule has 3 atom stereocenters. The molecule has 8 nitrogen and oxygen atoms in total. The van der Waals surface area contributed by atoms with Gasteiger partial charge in [-0.3, -0.25) is 9.59 Å². The molecule has 2 amide bonds. The molecule has 4 rings (SSSR count). The number of carbonyl (C=O) groups excluding carboxylic acids is 2. The van der Waals surface area contributed by atoms with Crippen molar-refractivity contribution in [3.8, 4) is 5.75 Å². The van der Waals surface area contributed by atoms with Gasteiger partial charge in [0.1, 0.15) is 11.6 Å². The number of ether oxygens (including phenoxy) is 1. The average molecular weight is 589 g/mol. The van der Waals surface area contributed by atoms with Crippen molar-refractivity contribution in [2.45, 2.75) is 75.5 Å². The zero-order valence-corrected chi connectivity index (χ0v) is 22.8. The number of piperidine rings is 1. The molecule has 0 aliphatic carbocycles. The lowest BCUT2D eigenvalue weighted by Crippen LogP contribution is -2.55. The van der Waals surface area contributed by atoms with E-state index < -0.39 is 30.3 Å². The molecule has 2 aliphatic rings. The molecule has 212 valence electrons. The summed E-state index contributed by atoms with van der Waals surface area (Å²) in [5.41, 5.74) is -1.09. The normalized spacial score (nSPS) is 21.8. The molecule has 2 bridgehead atoms. The number of hydrogen-bond acceptors (Lipinski definition) is 6. The number of nitrogens with one attached hydrogen (secondary N) is 2. The van der Waals surface area contributed by atoms with E-state index in [0.717, 1.165) is 12.8 Å². The largest absolute Gasteiger partial charge is 0.476 e. The number of benzene rings is 1. The van der Waals surface area contributed by atoms with Gasteiger partial charge in [0.25, 0.3) is 11.8 Å². The first-order chi connectivity index (χ1) is 18.2. The summed E-state index contributed by atoms with van der Waals surface area (Å²) in [4.78, 5) is 31.8. The minimum absolute atomic E-state index is 0.0695. The third-order valence-electron chi connectivity index (χ3n) is 6.98. The maximum Gasteiger partial charge on any atom is 0.416 e. The summed E-state index contributed by atoms with van der Waals surface area (Å²) in [5, 5.41) is 15.0. The highest BCUT2D eigenvalue weighted by Crippen LogP contribution is 2.39. The van der Waals surface area contributed by atoms with Crippen LogP contribution in [0.5, 0.6) is 5.75 Å². The van der Waals surface area contributed by atoms with Crippen LogP contribution < -0.4 is 20.3 Å². The number of amides is 2. The number of aliphatic hydroxyl groups is 1. The first kappa shape index (κ1) is 29.2. The summed E-state index contributed by atoms with van der Waals surface area (Å²) >= 11 is 12.1. The number of aliphatic hydroxyl groups excluding tert-OH is 1. The highest BCUT2D eigenvalue weighted by molar-refractivity contribution is 6.35. The molecule has 0 saturated carbocycles. The summed E-state index contributed by atoms with van der Waals surface area (Å²) < 4.78 is 43.3. The van der Waals surface area contributed by atoms with Crippen LogP contribution in [0.4, 0.5) is 19.0 Å². The van der Waals surface area contributed by atoms with E-state index in [0.29, 0.717) is 34.5 Å². The molecule has 2 saturated heterocycles. The Balaban J connectivity index is 1.34. The monoisotopic (exact) mass is 588 g/mol. The smallest absolute Gasteiger partial charge is 0.416 e. The molecule has 2 aromatic rings. The molecule has 13 heteroatoms. The van der Waals surface area contributed by atoms with Gasteiger partial charge in [-0.1, -0.05) is 23.2 Å². The van der Waals surface area contributed by atoms with Crippen LogP contribution in [0.1, 0.15) is 49.9 Å². The summed E-state index contributed by atoms with van der Waals surface area (Å²) in [5.74, 6) is -0.0157. The lowest BCUT2D eigenvalue weighted by atomic mass is 9.96. The number of nitrogens with zero attached hydrogens (tertiary/aromatic N) is 2. The minimum Gasteiger partial charge on any atom is -0.476 e. The molecule has 1 aromatic carbocycles. The zero-order valence-electron chi connectivity index (χ0n) is 21.3. The van der Waals surface area contributed by atoms with Gasteiger partial charge in [0.2, 0.25) is 0 Å². The fourth-order valence-corrected chi connectivity index (χ4v) is 5.43. The van der Waals surface area contributed by atoms with E-state index in [1.54, 1.807) is 38.1 Å². The minimum atomic E-state index is -4.81. The Morgan fingerprint density at radius 3 is 2.38 bits per heavy atom. The predicted octanol–water partition coefficient (Wildman–Crippen LogP) is 4.52. The number of fused-ring (bicyclic) bond motifs is 2. The third kappa shape index (κ3) is 6.88. The van der Waals surface area contributed by atoms with Gasteiger partial charge in [-0.05, 0) is 69.9 Å².